The van der Waals surface area contributed by atoms with E-state index in [0.717, 1.165) is 18.5 Å². The van der Waals surface area contributed by atoms with Crippen LogP contribution in [0, 0.1) is 5.82 Å². The molecule has 3 rings (SSSR count). The van der Waals surface area contributed by atoms with Crippen LogP contribution in [-0.4, -0.2) is 50.1 Å². The number of benzene rings is 1. The van der Waals surface area contributed by atoms with Gasteiger partial charge in [0.15, 0.2) is 17.6 Å². The van der Waals surface area contributed by atoms with E-state index in [1.807, 2.05) is 23.1 Å². The molecule has 1 aliphatic heterocycles. The zero-order chi connectivity index (χ0) is 19.9. The number of nitrogens with zero attached hydrogens (tertiary/aromatic N) is 3. The van der Waals surface area contributed by atoms with Crippen molar-refractivity contribution in [3.63, 3.8) is 0 Å². The second-order valence-corrected chi connectivity index (χ2v) is 6.59. The van der Waals surface area contributed by atoms with Gasteiger partial charge >= 0.3 is 0 Å². The third-order valence-electron chi connectivity index (χ3n) is 4.67. The highest BCUT2D eigenvalue weighted by Crippen LogP contribution is 2.20. The van der Waals surface area contributed by atoms with E-state index in [0.29, 0.717) is 30.4 Å². The number of pyridine rings is 1. The maximum absolute atomic E-state index is 13.9. The average molecular weight is 384 g/mol. The summed E-state index contributed by atoms with van der Waals surface area (Å²) in [5, 5.41) is 9.26. The second-order valence-electron chi connectivity index (χ2n) is 6.59. The van der Waals surface area contributed by atoms with Crippen LogP contribution in [-0.2, 0) is 6.54 Å². The maximum Gasteiger partial charge on any atom is 0.251 e. The SMILES string of the molecule is CN=C(NCc1cccc(C(=O)NC)c1)NC1CCN(c2ncccc2F)C1. The lowest BCUT2D eigenvalue weighted by atomic mass is 10.1. The zero-order valence-electron chi connectivity index (χ0n) is 16.1. The van der Waals surface area contributed by atoms with Gasteiger partial charge < -0.3 is 20.9 Å². The summed E-state index contributed by atoms with van der Waals surface area (Å²) in [5.74, 6) is 0.637. The molecule has 0 radical (unpaired) electrons. The number of aliphatic imine (C=N–C) groups is 1. The molecular formula is C20H25FN6O. The van der Waals surface area contributed by atoms with Crippen LogP contribution in [0.4, 0.5) is 10.2 Å². The van der Waals surface area contributed by atoms with Crippen molar-refractivity contribution in [3.8, 4) is 0 Å². The van der Waals surface area contributed by atoms with Crippen LogP contribution in [0.3, 0.4) is 0 Å². The number of rotatable bonds is 5. The minimum atomic E-state index is -0.304. The minimum Gasteiger partial charge on any atom is -0.355 e. The molecule has 1 fully saturated rings. The fourth-order valence-electron chi connectivity index (χ4n) is 3.22. The summed E-state index contributed by atoms with van der Waals surface area (Å²) in [7, 11) is 3.32. The van der Waals surface area contributed by atoms with Crippen molar-refractivity contribution in [3.05, 3.63) is 59.5 Å². The molecule has 1 amide bonds. The van der Waals surface area contributed by atoms with Crippen molar-refractivity contribution < 1.29 is 9.18 Å². The van der Waals surface area contributed by atoms with Crippen molar-refractivity contribution >= 4 is 17.7 Å². The molecule has 7 nitrogen and oxygen atoms in total. The highest BCUT2D eigenvalue weighted by Gasteiger charge is 2.25. The molecule has 0 spiro atoms. The van der Waals surface area contributed by atoms with Crippen molar-refractivity contribution in [1.82, 2.24) is 20.9 Å². The number of guanidine groups is 1. The number of nitrogens with one attached hydrogen (secondary N) is 3. The van der Waals surface area contributed by atoms with Gasteiger partial charge in [0, 0.05) is 51.5 Å². The zero-order valence-corrected chi connectivity index (χ0v) is 16.1. The van der Waals surface area contributed by atoms with Crippen LogP contribution in [0.25, 0.3) is 0 Å². The quantitative estimate of drug-likeness (QED) is 0.538. The molecule has 1 unspecified atom stereocenters. The lowest BCUT2D eigenvalue weighted by Crippen LogP contribution is -2.44. The van der Waals surface area contributed by atoms with E-state index in [1.165, 1.54) is 6.07 Å². The van der Waals surface area contributed by atoms with Crippen molar-refractivity contribution in [2.45, 2.75) is 19.0 Å². The van der Waals surface area contributed by atoms with Crippen LogP contribution in [0.1, 0.15) is 22.3 Å². The molecule has 0 saturated carbocycles. The van der Waals surface area contributed by atoms with Crippen molar-refractivity contribution in [1.29, 1.82) is 0 Å². The molecule has 148 valence electrons. The van der Waals surface area contributed by atoms with Crippen LogP contribution < -0.4 is 20.9 Å². The Kier molecular flexibility index (Phi) is 6.41. The van der Waals surface area contributed by atoms with Crippen LogP contribution in [0.2, 0.25) is 0 Å². The molecule has 2 aromatic rings. The Bertz CT molecular complexity index is 856. The summed E-state index contributed by atoms with van der Waals surface area (Å²) in [6, 6.07) is 10.6. The molecule has 1 saturated heterocycles. The molecule has 28 heavy (non-hydrogen) atoms. The molecule has 1 aliphatic rings. The Labute approximate surface area is 164 Å². The van der Waals surface area contributed by atoms with E-state index in [2.05, 4.69) is 25.9 Å². The first kappa shape index (κ1) is 19.6. The Hall–Kier alpha value is -3.16. The van der Waals surface area contributed by atoms with Gasteiger partial charge in [-0.2, -0.15) is 0 Å². The van der Waals surface area contributed by atoms with Crippen molar-refractivity contribution in [2.75, 3.05) is 32.1 Å². The maximum atomic E-state index is 13.9. The summed E-state index contributed by atoms with van der Waals surface area (Å²) in [5.41, 5.74) is 1.60. The number of amides is 1. The molecule has 1 aromatic heterocycles. The lowest BCUT2D eigenvalue weighted by molar-refractivity contribution is 0.0963. The van der Waals surface area contributed by atoms with Crippen LogP contribution in [0.15, 0.2) is 47.6 Å². The normalized spacial score (nSPS) is 16.8. The number of carbonyl (C=O) groups excluding carboxylic acids is 1. The Morgan fingerprint density at radius 3 is 2.96 bits per heavy atom. The number of hydrogen-bond donors (Lipinski definition) is 3. The van der Waals surface area contributed by atoms with E-state index >= 15 is 0 Å². The van der Waals surface area contributed by atoms with Gasteiger partial charge in [-0.15, -0.1) is 0 Å². The number of carbonyl (C=O) groups is 1. The number of anilines is 1. The summed E-state index contributed by atoms with van der Waals surface area (Å²) >= 11 is 0. The molecule has 1 aromatic carbocycles. The van der Waals surface area contributed by atoms with Gasteiger partial charge in [0.25, 0.3) is 5.91 Å². The predicted molar refractivity (Wildman–Crippen MR) is 108 cm³/mol. The summed E-state index contributed by atoms with van der Waals surface area (Å²) < 4.78 is 13.9. The molecule has 0 bridgehead atoms. The minimum absolute atomic E-state index is 0.114. The van der Waals surface area contributed by atoms with E-state index < -0.39 is 0 Å². The summed E-state index contributed by atoms with van der Waals surface area (Å²) in [4.78, 5) is 22.1. The first-order chi connectivity index (χ1) is 13.6. The fraction of sp³-hybridized carbons (Fsp3) is 0.350. The standard InChI is InChI=1S/C20H25FN6O/c1-22-19(28)15-6-3-5-14(11-15)12-25-20(23-2)26-16-8-10-27(13-16)18-17(21)7-4-9-24-18/h3-7,9,11,16H,8,10,12-13H2,1-2H3,(H,22,28)(H2,23,25,26). The summed E-state index contributed by atoms with van der Waals surface area (Å²) in [6.07, 6.45) is 2.47. The van der Waals surface area contributed by atoms with Gasteiger partial charge in [0.05, 0.1) is 0 Å². The largest absolute Gasteiger partial charge is 0.355 e. The Balaban J connectivity index is 1.54. The first-order valence-electron chi connectivity index (χ1n) is 9.24. The Morgan fingerprint density at radius 1 is 1.36 bits per heavy atom. The van der Waals surface area contributed by atoms with E-state index in [9.17, 15) is 9.18 Å². The summed E-state index contributed by atoms with van der Waals surface area (Å²) in [6.45, 7) is 1.92. The average Bonchev–Trinajstić information content (AvgIpc) is 3.19. The van der Waals surface area contributed by atoms with Gasteiger partial charge in [-0.25, -0.2) is 9.37 Å². The monoisotopic (exact) mass is 384 g/mol. The van der Waals surface area contributed by atoms with Gasteiger partial charge in [-0.3, -0.25) is 9.79 Å². The highest BCUT2D eigenvalue weighted by molar-refractivity contribution is 5.94. The fourth-order valence-corrected chi connectivity index (χ4v) is 3.22. The third kappa shape index (κ3) is 4.76. The molecule has 0 aliphatic carbocycles. The predicted octanol–water partition coefficient (Wildman–Crippen LogP) is 1.52. The van der Waals surface area contributed by atoms with Gasteiger partial charge in [0.2, 0.25) is 0 Å². The Morgan fingerprint density at radius 2 is 2.21 bits per heavy atom. The second kappa shape index (κ2) is 9.16. The van der Waals surface area contributed by atoms with E-state index in [-0.39, 0.29) is 17.8 Å². The van der Waals surface area contributed by atoms with E-state index in [4.69, 9.17) is 0 Å². The molecule has 1 atom stereocenters. The van der Waals surface area contributed by atoms with Gasteiger partial charge in [0.1, 0.15) is 0 Å². The number of hydrogen-bond acceptors (Lipinski definition) is 4. The molecule has 2 heterocycles. The van der Waals surface area contributed by atoms with E-state index in [1.54, 1.807) is 32.4 Å². The molecular weight excluding hydrogens is 359 g/mol. The molecule has 3 N–H and O–H groups in total. The topological polar surface area (TPSA) is 81.6 Å². The first-order valence-corrected chi connectivity index (χ1v) is 9.24. The number of halogens is 1. The third-order valence-corrected chi connectivity index (χ3v) is 4.67. The van der Waals surface area contributed by atoms with Crippen molar-refractivity contribution in [2.24, 2.45) is 4.99 Å². The highest BCUT2D eigenvalue weighted by atomic mass is 19.1. The smallest absolute Gasteiger partial charge is 0.251 e. The van der Waals surface area contributed by atoms with Crippen LogP contribution in [0.5, 0.6) is 0 Å². The number of aromatic nitrogens is 1. The van der Waals surface area contributed by atoms with Gasteiger partial charge in [-0.05, 0) is 36.2 Å². The lowest BCUT2D eigenvalue weighted by Gasteiger charge is -2.20. The van der Waals surface area contributed by atoms with Crippen LogP contribution >= 0.6 is 0 Å². The molecule has 8 heteroatoms. The van der Waals surface area contributed by atoms with Gasteiger partial charge in [-0.1, -0.05) is 12.1 Å².